The molecular weight excluding hydrogens is 152 g/mol. The van der Waals surface area contributed by atoms with Crippen LogP contribution in [0.3, 0.4) is 0 Å². The lowest BCUT2D eigenvalue weighted by atomic mass is 9.92. The van der Waals surface area contributed by atoms with Crippen LogP contribution in [0.4, 0.5) is 0 Å². The maximum Gasteiger partial charge on any atom is 0.167 e. The van der Waals surface area contributed by atoms with Crippen molar-refractivity contribution in [3.05, 3.63) is 0 Å². The van der Waals surface area contributed by atoms with Crippen LogP contribution in [0.15, 0.2) is 0 Å². The van der Waals surface area contributed by atoms with Crippen molar-refractivity contribution in [3.8, 4) is 6.07 Å². The van der Waals surface area contributed by atoms with E-state index in [9.17, 15) is 0 Å². The number of nitriles is 1. The smallest absolute Gasteiger partial charge is 0.167 e. The van der Waals surface area contributed by atoms with Gasteiger partial charge in [0, 0.05) is 19.0 Å². The predicted octanol–water partition coefficient (Wildman–Crippen LogP) is 1.46. The zero-order valence-corrected chi connectivity index (χ0v) is 7.42. The normalized spacial score (nSPS) is 34.2. The van der Waals surface area contributed by atoms with Gasteiger partial charge >= 0.3 is 0 Å². The monoisotopic (exact) mass is 166 g/mol. The minimum atomic E-state index is -0.201. The van der Waals surface area contributed by atoms with Gasteiger partial charge in [-0.25, -0.2) is 0 Å². The molecule has 0 aromatic heterocycles. The second-order valence-electron chi connectivity index (χ2n) is 3.86. The maximum atomic E-state index is 8.73. The topological polar surface area (TPSA) is 36.3 Å². The third-order valence-corrected chi connectivity index (χ3v) is 3.20. The molecule has 2 rings (SSSR count). The second kappa shape index (κ2) is 2.72. The summed E-state index contributed by atoms with van der Waals surface area (Å²) >= 11 is 0. The van der Waals surface area contributed by atoms with Crippen LogP contribution in [-0.2, 0) is 4.84 Å². The predicted molar refractivity (Wildman–Crippen MR) is 44.1 cm³/mol. The molecule has 1 aliphatic carbocycles. The quantitative estimate of drug-likeness (QED) is 0.546. The molecule has 0 radical (unpaired) electrons. The Morgan fingerprint density at radius 3 is 2.67 bits per heavy atom. The summed E-state index contributed by atoms with van der Waals surface area (Å²) in [7, 11) is 1.96. The van der Waals surface area contributed by atoms with Crippen LogP contribution in [0.2, 0.25) is 0 Å². The fourth-order valence-electron chi connectivity index (χ4n) is 2.43. The molecule has 1 unspecified atom stereocenters. The molecule has 0 aromatic carbocycles. The Kier molecular flexibility index (Phi) is 1.82. The molecule has 0 bridgehead atoms. The number of hydrogen-bond acceptors (Lipinski definition) is 3. The molecule has 1 atom stereocenters. The summed E-state index contributed by atoms with van der Waals surface area (Å²) in [6, 6.07) is 2.18. The van der Waals surface area contributed by atoms with Gasteiger partial charge in [0.15, 0.2) is 6.10 Å². The molecule has 1 aliphatic heterocycles. The molecule has 66 valence electrons. The second-order valence-corrected chi connectivity index (χ2v) is 3.86. The molecule has 1 spiro atoms. The van der Waals surface area contributed by atoms with Gasteiger partial charge in [0.2, 0.25) is 0 Å². The van der Waals surface area contributed by atoms with E-state index in [2.05, 4.69) is 6.07 Å². The molecule has 2 fully saturated rings. The van der Waals surface area contributed by atoms with Crippen LogP contribution in [0.1, 0.15) is 32.1 Å². The minimum absolute atomic E-state index is 0.201. The van der Waals surface area contributed by atoms with Crippen molar-refractivity contribution in [3.63, 3.8) is 0 Å². The molecule has 1 saturated carbocycles. The Morgan fingerprint density at radius 2 is 2.17 bits per heavy atom. The zero-order valence-electron chi connectivity index (χ0n) is 7.42. The largest absolute Gasteiger partial charge is 0.280 e. The van der Waals surface area contributed by atoms with Gasteiger partial charge in [-0.1, -0.05) is 12.8 Å². The number of hydrogen-bond donors (Lipinski definition) is 0. The van der Waals surface area contributed by atoms with E-state index >= 15 is 0 Å². The molecule has 2 aliphatic rings. The van der Waals surface area contributed by atoms with Crippen LogP contribution in [-0.4, -0.2) is 23.8 Å². The summed E-state index contributed by atoms with van der Waals surface area (Å²) in [5.41, 5.74) is 0.209. The van der Waals surface area contributed by atoms with Crippen LogP contribution < -0.4 is 0 Å². The Bertz CT molecular complexity index is 215. The van der Waals surface area contributed by atoms with Gasteiger partial charge in [-0.2, -0.15) is 10.3 Å². The van der Waals surface area contributed by atoms with Crippen molar-refractivity contribution in [2.24, 2.45) is 0 Å². The molecule has 3 heteroatoms. The molecular formula is C9H14N2O. The Balaban J connectivity index is 2.12. The van der Waals surface area contributed by atoms with E-state index in [1.54, 1.807) is 0 Å². The summed E-state index contributed by atoms with van der Waals surface area (Å²) in [6.07, 6.45) is 5.66. The van der Waals surface area contributed by atoms with Crippen LogP contribution >= 0.6 is 0 Å². The first-order chi connectivity index (χ1) is 5.77. The van der Waals surface area contributed by atoms with Gasteiger partial charge in [0.05, 0.1) is 6.07 Å². The van der Waals surface area contributed by atoms with Crippen molar-refractivity contribution < 1.29 is 4.84 Å². The molecule has 0 amide bonds. The lowest BCUT2D eigenvalue weighted by Crippen LogP contribution is -2.37. The van der Waals surface area contributed by atoms with Gasteiger partial charge in [0.1, 0.15) is 0 Å². The fourth-order valence-corrected chi connectivity index (χ4v) is 2.43. The SMILES string of the molecule is CN1OC(C#N)CC12CCCC2. The van der Waals surface area contributed by atoms with Crippen molar-refractivity contribution in [1.82, 2.24) is 5.06 Å². The van der Waals surface area contributed by atoms with Gasteiger partial charge in [-0.05, 0) is 12.8 Å². The van der Waals surface area contributed by atoms with E-state index in [0.29, 0.717) is 0 Å². The molecule has 1 saturated heterocycles. The van der Waals surface area contributed by atoms with E-state index in [0.717, 1.165) is 6.42 Å². The van der Waals surface area contributed by atoms with Gasteiger partial charge in [-0.3, -0.25) is 4.84 Å². The number of hydroxylamine groups is 2. The summed E-state index contributed by atoms with van der Waals surface area (Å²) in [5, 5.41) is 10.7. The molecule has 0 N–H and O–H groups in total. The summed E-state index contributed by atoms with van der Waals surface area (Å²) in [5.74, 6) is 0. The highest BCUT2D eigenvalue weighted by Crippen LogP contribution is 2.43. The average Bonchev–Trinajstić information content (AvgIpc) is 2.63. The van der Waals surface area contributed by atoms with Crippen LogP contribution in [0.25, 0.3) is 0 Å². The average molecular weight is 166 g/mol. The highest BCUT2D eigenvalue weighted by atomic mass is 16.7. The standard InChI is InChI=1S/C9H14N2O/c1-11-9(4-2-3-5-9)6-8(7-10)12-11/h8H,2-6H2,1H3. The highest BCUT2D eigenvalue weighted by Gasteiger charge is 2.46. The molecule has 1 heterocycles. The van der Waals surface area contributed by atoms with E-state index in [-0.39, 0.29) is 11.6 Å². The summed E-state index contributed by atoms with van der Waals surface area (Å²) in [6.45, 7) is 0. The van der Waals surface area contributed by atoms with Crippen molar-refractivity contribution in [2.75, 3.05) is 7.05 Å². The highest BCUT2D eigenvalue weighted by molar-refractivity contribution is 5.02. The van der Waals surface area contributed by atoms with Crippen molar-refractivity contribution >= 4 is 0 Å². The van der Waals surface area contributed by atoms with E-state index in [1.165, 1.54) is 25.7 Å². The van der Waals surface area contributed by atoms with Gasteiger partial charge in [-0.15, -0.1) is 0 Å². The Hall–Kier alpha value is -0.590. The van der Waals surface area contributed by atoms with Crippen molar-refractivity contribution in [1.29, 1.82) is 5.26 Å². The molecule has 0 aromatic rings. The third kappa shape index (κ3) is 1.03. The van der Waals surface area contributed by atoms with Crippen molar-refractivity contribution in [2.45, 2.75) is 43.7 Å². The summed E-state index contributed by atoms with van der Waals surface area (Å²) in [4.78, 5) is 5.42. The van der Waals surface area contributed by atoms with E-state index < -0.39 is 0 Å². The lowest BCUT2D eigenvalue weighted by molar-refractivity contribution is -0.155. The minimum Gasteiger partial charge on any atom is -0.280 e. The maximum absolute atomic E-state index is 8.73. The first kappa shape index (κ1) is 8.03. The first-order valence-electron chi connectivity index (χ1n) is 4.57. The fraction of sp³-hybridized carbons (Fsp3) is 0.889. The Labute approximate surface area is 72.9 Å². The number of nitrogens with zero attached hydrogens (tertiary/aromatic N) is 2. The number of rotatable bonds is 0. The first-order valence-corrected chi connectivity index (χ1v) is 4.57. The molecule has 3 nitrogen and oxygen atoms in total. The van der Waals surface area contributed by atoms with Gasteiger partial charge in [0.25, 0.3) is 0 Å². The summed E-state index contributed by atoms with van der Waals surface area (Å²) < 4.78 is 0. The lowest BCUT2D eigenvalue weighted by Gasteiger charge is -2.28. The molecule has 12 heavy (non-hydrogen) atoms. The third-order valence-electron chi connectivity index (χ3n) is 3.20. The van der Waals surface area contributed by atoms with Gasteiger partial charge < -0.3 is 0 Å². The zero-order chi connectivity index (χ0) is 8.60. The van der Waals surface area contributed by atoms with E-state index in [4.69, 9.17) is 10.1 Å². The van der Waals surface area contributed by atoms with Crippen LogP contribution in [0, 0.1) is 11.3 Å². The Morgan fingerprint density at radius 1 is 1.50 bits per heavy atom. The van der Waals surface area contributed by atoms with Crippen LogP contribution in [0.5, 0.6) is 0 Å². The van der Waals surface area contributed by atoms with E-state index in [1.807, 2.05) is 12.1 Å².